The summed E-state index contributed by atoms with van der Waals surface area (Å²) in [7, 11) is -3.74. The van der Waals surface area contributed by atoms with Gasteiger partial charge in [-0.25, -0.2) is 8.42 Å². The van der Waals surface area contributed by atoms with Gasteiger partial charge in [-0.05, 0) is 86.5 Å². The van der Waals surface area contributed by atoms with Crippen molar-refractivity contribution in [3.8, 4) is 5.75 Å². The monoisotopic (exact) mass is 424 g/mol. The number of carbonyl (C=O) groups excluding carboxylic acids is 1. The Morgan fingerprint density at radius 3 is 2.20 bits per heavy atom. The maximum Gasteiger partial charge on any atom is 0.261 e. The van der Waals surface area contributed by atoms with E-state index in [1.165, 1.54) is 12.1 Å². The van der Waals surface area contributed by atoms with E-state index in [1.807, 2.05) is 26.8 Å². The van der Waals surface area contributed by atoms with E-state index < -0.39 is 10.0 Å². The van der Waals surface area contributed by atoms with Crippen molar-refractivity contribution in [3.05, 3.63) is 83.4 Å². The molecule has 0 unspecified atom stereocenters. The predicted molar refractivity (Wildman–Crippen MR) is 119 cm³/mol. The van der Waals surface area contributed by atoms with Crippen molar-refractivity contribution in [1.82, 2.24) is 0 Å². The summed E-state index contributed by atoms with van der Waals surface area (Å²) < 4.78 is 33.3. The van der Waals surface area contributed by atoms with Gasteiger partial charge in [-0.2, -0.15) is 0 Å². The van der Waals surface area contributed by atoms with E-state index in [4.69, 9.17) is 4.74 Å². The van der Waals surface area contributed by atoms with Gasteiger partial charge < -0.3 is 10.1 Å². The number of amides is 1. The first-order valence-corrected chi connectivity index (χ1v) is 11.0. The Balaban J connectivity index is 1.72. The number of hydrogen-bond acceptors (Lipinski definition) is 4. The van der Waals surface area contributed by atoms with Crippen LogP contribution in [0.15, 0.2) is 71.6 Å². The highest BCUT2D eigenvalue weighted by atomic mass is 32.2. The molecule has 0 spiro atoms. The first-order chi connectivity index (χ1) is 14.3. The fourth-order valence-corrected chi connectivity index (χ4v) is 4.10. The molecule has 0 saturated carbocycles. The highest BCUT2D eigenvalue weighted by Crippen LogP contribution is 2.21. The largest absolute Gasteiger partial charge is 0.494 e. The number of rotatable bonds is 7. The second-order valence-electron chi connectivity index (χ2n) is 6.92. The highest BCUT2D eigenvalue weighted by Gasteiger charge is 2.15. The molecule has 0 heterocycles. The Morgan fingerprint density at radius 2 is 1.57 bits per heavy atom. The molecule has 0 fully saturated rings. The lowest BCUT2D eigenvalue weighted by molar-refractivity contribution is 0.102. The van der Waals surface area contributed by atoms with Gasteiger partial charge in [-0.3, -0.25) is 9.52 Å². The summed E-state index contributed by atoms with van der Waals surface area (Å²) in [5.41, 5.74) is 3.40. The van der Waals surface area contributed by atoms with E-state index >= 15 is 0 Å². The molecule has 6 nitrogen and oxygen atoms in total. The van der Waals surface area contributed by atoms with Gasteiger partial charge >= 0.3 is 0 Å². The number of benzene rings is 3. The second-order valence-corrected chi connectivity index (χ2v) is 8.60. The minimum atomic E-state index is -3.74. The highest BCUT2D eigenvalue weighted by molar-refractivity contribution is 7.92. The molecule has 3 aromatic carbocycles. The number of ether oxygens (including phenoxy) is 1. The summed E-state index contributed by atoms with van der Waals surface area (Å²) >= 11 is 0. The average Bonchev–Trinajstić information content (AvgIpc) is 2.68. The Kier molecular flexibility index (Phi) is 6.42. The van der Waals surface area contributed by atoms with Crippen molar-refractivity contribution in [3.63, 3.8) is 0 Å². The van der Waals surface area contributed by atoms with Crippen LogP contribution in [-0.2, 0) is 10.0 Å². The zero-order chi connectivity index (χ0) is 21.7. The molecule has 1 amide bonds. The standard InChI is InChI=1S/C23H24N2O4S/c1-4-29-21-7-5-6-18(15-21)23(26)24-19-8-10-22(11-9-19)30(27,28)25-20-13-16(2)12-17(3)14-20/h5-15,25H,4H2,1-3H3,(H,24,26). The summed E-state index contributed by atoms with van der Waals surface area (Å²) in [5.74, 6) is 0.310. The van der Waals surface area contributed by atoms with E-state index in [0.717, 1.165) is 11.1 Å². The van der Waals surface area contributed by atoms with Gasteiger partial charge in [0.2, 0.25) is 0 Å². The molecule has 0 radical (unpaired) electrons. The van der Waals surface area contributed by atoms with Crippen LogP contribution in [-0.4, -0.2) is 20.9 Å². The Hall–Kier alpha value is -3.32. The topological polar surface area (TPSA) is 84.5 Å². The van der Waals surface area contributed by atoms with Crippen LogP contribution in [0.3, 0.4) is 0 Å². The van der Waals surface area contributed by atoms with Crippen LogP contribution in [0.4, 0.5) is 11.4 Å². The molecule has 0 atom stereocenters. The molecule has 7 heteroatoms. The molecule has 156 valence electrons. The van der Waals surface area contributed by atoms with Gasteiger partial charge in [-0.1, -0.05) is 12.1 Å². The van der Waals surface area contributed by atoms with Crippen LogP contribution in [0.1, 0.15) is 28.4 Å². The number of nitrogens with one attached hydrogen (secondary N) is 2. The number of anilines is 2. The third-order valence-electron chi connectivity index (χ3n) is 4.30. The second kappa shape index (κ2) is 9.00. The van der Waals surface area contributed by atoms with E-state index in [9.17, 15) is 13.2 Å². The molecule has 0 aliphatic heterocycles. The van der Waals surface area contributed by atoms with Crippen LogP contribution in [0.2, 0.25) is 0 Å². The zero-order valence-electron chi connectivity index (χ0n) is 17.1. The van der Waals surface area contributed by atoms with E-state index in [-0.39, 0.29) is 10.8 Å². The van der Waals surface area contributed by atoms with E-state index in [2.05, 4.69) is 10.0 Å². The third-order valence-corrected chi connectivity index (χ3v) is 5.70. The maximum absolute atomic E-state index is 12.7. The average molecular weight is 425 g/mol. The molecule has 2 N–H and O–H groups in total. The molecular formula is C23H24N2O4S. The summed E-state index contributed by atoms with van der Waals surface area (Å²) in [6.45, 7) is 6.20. The lowest BCUT2D eigenvalue weighted by Crippen LogP contribution is -2.14. The normalized spacial score (nSPS) is 11.0. The molecule has 30 heavy (non-hydrogen) atoms. The van der Waals surface area contributed by atoms with Crippen LogP contribution >= 0.6 is 0 Å². The maximum atomic E-state index is 12.7. The van der Waals surface area contributed by atoms with Gasteiger partial charge in [0.25, 0.3) is 15.9 Å². The van der Waals surface area contributed by atoms with E-state index in [0.29, 0.717) is 29.3 Å². The summed E-state index contributed by atoms with van der Waals surface area (Å²) in [5, 5.41) is 2.76. The number of sulfonamides is 1. The Bertz CT molecular complexity index is 1140. The van der Waals surface area contributed by atoms with Gasteiger partial charge in [0.1, 0.15) is 5.75 Å². The van der Waals surface area contributed by atoms with E-state index in [1.54, 1.807) is 48.5 Å². The summed E-state index contributed by atoms with van der Waals surface area (Å²) in [4.78, 5) is 12.6. The fraction of sp³-hybridized carbons (Fsp3) is 0.174. The summed E-state index contributed by atoms with van der Waals surface area (Å²) in [6, 6.07) is 18.4. The summed E-state index contributed by atoms with van der Waals surface area (Å²) in [6.07, 6.45) is 0. The first kappa shape index (κ1) is 21.4. The number of aryl methyl sites for hydroxylation is 2. The minimum Gasteiger partial charge on any atom is -0.494 e. The van der Waals surface area contributed by atoms with Gasteiger partial charge in [-0.15, -0.1) is 0 Å². The van der Waals surface area contributed by atoms with Crippen molar-refractivity contribution in [1.29, 1.82) is 0 Å². The smallest absolute Gasteiger partial charge is 0.261 e. The lowest BCUT2D eigenvalue weighted by atomic mass is 10.1. The molecule has 3 aromatic rings. The van der Waals surface area contributed by atoms with Crippen molar-refractivity contribution < 1.29 is 17.9 Å². The van der Waals surface area contributed by atoms with Crippen LogP contribution < -0.4 is 14.8 Å². The minimum absolute atomic E-state index is 0.109. The Labute approximate surface area is 177 Å². The van der Waals surface area contributed by atoms with Crippen LogP contribution in [0.5, 0.6) is 5.75 Å². The predicted octanol–water partition coefficient (Wildman–Crippen LogP) is 4.76. The lowest BCUT2D eigenvalue weighted by Gasteiger charge is -2.11. The van der Waals surface area contributed by atoms with Gasteiger partial charge in [0, 0.05) is 16.9 Å². The quantitative estimate of drug-likeness (QED) is 0.573. The number of hydrogen-bond donors (Lipinski definition) is 2. The molecule has 0 aliphatic carbocycles. The molecule has 0 aromatic heterocycles. The van der Waals surface area contributed by atoms with Crippen molar-refractivity contribution >= 4 is 27.3 Å². The fourth-order valence-electron chi connectivity index (χ4n) is 3.06. The molecule has 0 bridgehead atoms. The van der Waals surface area contributed by atoms with Gasteiger partial charge in [0.15, 0.2) is 0 Å². The molecule has 3 rings (SSSR count). The van der Waals surface area contributed by atoms with Crippen LogP contribution in [0, 0.1) is 13.8 Å². The molecular weight excluding hydrogens is 400 g/mol. The molecule has 0 saturated heterocycles. The van der Waals surface area contributed by atoms with Gasteiger partial charge in [0.05, 0.1) is 11.5 Å². The zero-order valence-corrected chi connectivity index (χ0v) is 17.9. The molecule has 0 aliphatic rings. The van der Waals surface area contributed by atoms with Crippen LogP contribution in [0.25, 0.3) is 0 Å². The van der Waals surface area contributed by atoms with Crippen molar-refractivity contribution in [2.45, 2.75) is 25.7 Å². The Morgan fingerprint density at radius 1 is 0.900 bits per heavy atom. The van der Waals surface area contributed by atoms with Crippen molar-refractivity contribution in [2.24, 2.45) is 0 Å². The SMILES string of the molecule is CCOc1cccc(C(=O)Nc2ccc(S(=O)(=O)Nc3cc(C)cc(C)c3)cc2)c1. The third kappa shape index (κ3) is 5.39. The van der Waals surface area contributed by atoms with Crippen molar-refractivity contribution in [2.75, 3.05) is 16.6 Å². The first-order valence-electron chi connectivity index (χ1n) is 9.52. The number of carbonyl (C=O) groups is 1.